The van der Waals surface area contributed by atoms with E-state index < -0.39 is 0 Å². The first kappa shape index (κ1) is 13.5. The summed E-state index contributed by atoms with van der Waals surface area (Å²) < 4.78 is 6.08. The highest BCUT2D eigenvalue weighted by Crippen LogP contribution is 2.40. The molecule has 0 aromatic heterocycles. The molecule has 2 heteroatoms. The third kappa shape index (κ3) is 3.45. The molecule has 1 nitrogen and oxygen atoms in total. The first-order valence-electron chi connectivity index (χ1n) is 6.03. The highest BCUT2D eigenvalue weighted by Gasteiger charge is 2.37. The Morgan fingerprint density at radius 3 is 2.40 bits per heavy atom. The zero-order valence-corrected chi connectivity index (χ0v) is 12.4. The van der Waals surface area contributed by atoms with E-state index in [1.165, 1.54) is 19.3 Å². The van der Waals surface area contributed by atoms with Crippen LogP contribution in [-0.4, -0.2) is 17.0 Å². The molecule has 0 aromatic rings. The topological polar surface area (TPSA) is 9.23 Å². The lowest BCUT2D eigenvalue weighted by molar-refractivity contribution is -0.0361. The third-order valence-corrected chi connectivity index (χ3v) is 5.23. The number of hydrogen-bond donors (Lipinski definition) is 0. The molecule has 1 fully saturated rings. The molecule has 15 heavy (non-hydrogen) atoms. The van der Waals surface area contributed by atoms with Crippen molar-refractivity contribution in [1.29, 1.82) is 0 Å². The van der Waals surface area contributed by atoms with Crippen LogP contribution in [0, 0.1) is 11.3 Å². The zero-order chi connectivity index (χ0) is 11.7. The van der Waals surface area contributed by atoms with Gasteiger partial charge in [-0.05, 0) is 44.4 Å². The van der Waals surface area contributed by atoms with E-state index in [0.29, 0.717) is 17.4 Å². The maximum absolute atomic E-state index is 6.08. The Kier molecular flexibility index (Phi) is 4.27. The van der Waals surface area contributed by atoms with Crippen molar-refractivity contribution in [3.8, 4) is 0 Å². The van der Waals surface area contributed by atoms with Crippen LogP contribution in [-0.2, 0) is 4.74 Å². The zero-order valence-electron chi connectivity index (χ0n) is 10.8. The van der Waals surface area contributed by atoms with Crippen LogP contribution in [0.25, 0.3) is 0 Å². The Bertz CT molecular complexity index is 213. The summed E-state index contributed by atoms with van der Waals surface area (Å²) in [5.41, 5.74) is 0.472. The van der Waals surface area contributed by atoms with Gasteiger partial charge >= 0.3 is 0 Å². The molecule has 0 spiro atoms. The molecule has 0 bridgehead atoms. The smallest absolute Gasteiger partial charge is 0.0631 e. The van der Waals surface area contributed by atoms with Crippen molar-refractivity contribution in [2.24, 2.45) is 11.3 Å². The van der Waals surface area contributed by atoms with Gasteiger partial charge in [0.25, 0.3) is 0 Å². The van der Waals surface area contributed by atoms with Crippen LogP contribution in [0.2, 0.25) is 0 Å². The predicted molar refractivity (Wildman–Crippen MR) is 69.5 cm³/mol. The molecule has 0 saturated carbocycles. The molecular weight excluding hydrogens is 252 g/mol. The molecule has 2 atom stereocenters. The van der Waals surface area contributed by atoms with E-state index in [1.807, 2.05) is 0 Å². The molecule has 90 valence electrons. The van der Waals surface area contributed by atoms with Gasteiger partial charge in [-0.3, -0.25) is 0 Å². The molecular formula is C13H25BrO. The maximum atomic E-state index is 6.08. The Morgan fingerprint density at radius 2 is 2.07 bits per heavy atom. The average molecular weight is 277 g/mol. The van der Waals surface area contributed by atoms with Gasteiger partial charge in [0.2, 0.25) is 0 Å². The molecule has 1 aliphatic rings. The average Bonchev–Trinajstić information content (AvgIpc) is 2.45. The molecule has 0 N–H and O–H groups in total. The molecule has 1 rings (SSSR count). The van der Waals surface area contributed by atoms with Gasteiger partial charge in [-0.15, -0.1) is 0 Å². The number of halogens is 1. The van der Waals surface area contributed by atoms with Gasteiger partial charge in [0, 0.05) is 5.33 Å². The molecule has 1 saturated heterocycles. The minimum atomic E-state index is 0.106. The lowest BCUT2D eigenvalue weighted by Crippen LogP contribution is -2.31. The lowest BCUT2D eigenvalue weighted by atomic mass is 9.76. The monoisotopic (exact) mass is 276 g/mol. The first-order chi connectivity index (χ1) is 6.79. The quantitative estimate of drug-likeness (QED) is 0.692. The van der Waals surface area contributed by atoms with Crippen LogP contribution < -0.4 is 0 Å². The number of ether oxygens (including phenoxy) is 1. The second kappa shape index (κ2) is 4.75. The molecule has 0 aromatic carbocycles. The number of rotatable bonds is 4. The highest BCUT2D eigenvalue weighted by atomic mass is 79.9. The molecule has 0 aliphatic carbocycles. The van der Waals surface area contributed by atoms with Crippen LogP contribution in [0.15, 0.2) is 0 Å². The first-order valence-corrected chi connectivity index (χ1v) is 7.15. The third-order valence-electron chi connectivity index (χ3n) is 3.95. The summed E-state index contributed by atoms with van der Waals surface area (Å²) in [7, 11) is 0. The second-order valence-electron chi connectivity index (χ2n) is 6.18. The summed E-state index contributed by atoms with van der Waals surface area (Å²) in [4.78, 5) is 0. The Morgan fingerprint density at radius 1 is 1.47 bits per heavy atom. The van der Waals surface area contributed by atoms with Crippen molar-refractivity contribution >= 4 is 15.9 Å². The molecule has 1 aliphatic heterocycles. The van der Waals surface area contributed by atoms with Crippen molar-refractivity contribution < 1.29 is 4.74 Å². The Balaban J connectivity index is 2.54. The van der Waals surface area contributed by atoms with Gasteiger partial charge in [-0.25, -0.2) is 0 Å². The SMILES string of the molecule is CC(C)C(C)(CBr)CC1CCC(C)(C)O1. The summed E-state index contributed by atoms with van der Waals surface area (Å²) in [6.07, 6.45) is 4.07. The summed E-state index contributed by atoms with van der Waals surface area (Å²) in [6.45, 7) is 11.4. The molecule has 0 radical (unpaired) electrons. The highest BCUT2D eigenvalue weighted by molar-refractivity contribution is 9.09. The van der Waals surface area contributed by atoms with E-state index in [2.05, 4.69) is 50.5 Å². The van der Waals surface area contributed by atoms with Crippen molar-refractivity contribution in [1.82, 2.24) is 0 Å². The van der Waals surface area contributed by atoms with Gasteiger partial charge in [0.05, 0.1) is 11.7 Å². The van der Waals surface area contributed by atoms with Gasteiger partial charge in [0.15, 0.2) is 0 Å². The van der Waals surface area contributed by atoms with E-state index in [4.69, 9.17) is 4.74 Å². The van der Waals surface area contributed by atoms with Crippen molar-refractivity contribution in [2.75, 3.05) is 5.33 Å². The van der Waals surface area contributed by atoms with Crippen LogP contribution in [0.5, 0.6) is 0 Å². The van der Waals surface area contributed by atoms with Crippen molar-refractivity contribution in [2.45, 2.75) is 65.6 Å². The lowest BCUT2D eigenvalue weighted by Gasteiger charge is -2.34. The number of hydrogen-bond acceptors (Lipinski definition) is 1. The van der Waals surface area contributed by atoms with Crippen LogP contribution in [0.3, 0.4) is 0 Å². The maximum Gasteiger partial charge on any atom is 0.0631 e. The Hall–Kier alpha value is 0.440. The van der Waals surface area contributed by atoms with Crippen LogP contribution >= 0.6 is 15.9 Å². The summed E-state index contributed by atoms with van der Waals surface area (Å²) >= 11 is 3.65. The normalized spacial score (nSPS) is 29.4. The fourth-order valence-electron chi connectivity index (χ4n) is 2.19. The molecule has 2 unspecified atom stereocenters. The standard InChI is InChI=1S/C13H25BrO/c1-10(2)13(5,9-14)8-11-6-7-12(3,4)15-11/h10-11H,6-9H2,1-5H3. The van der Waals surface area contributed by atoms with Crippen molar-refractivity contribution in [3.05, 3.63) is 0 Å². The molecule has 0 amide bonds. The molecule has 1 heterocycles. The summed E-state index contributed by atoms with van der Waals surface area (Å²) in [6, 6.07) is 0. The van der Waals surface area contributed by atoms with Gasteiger partial charge in [-0.2, -0.15) is 0 Å². The van der Waals surface area contributed by atoms with Crippen LogP contribution in [0.1, 0.15) is 53.9 Å². The van der Waals surface area contributed by atoms with Crippen molar-refractivity contribution in [3.63, 3.8) is 0 Å². The second-order valence-corrected chi connectivity index (χ2v) is 6.75. The van der Waals surface area contributed by atoms with Gasteiger partial charge in [0.1, 0.15) is 0 Å². The largest absolute Gasteiger partial charge is 0.372 e. The van der Waals surface area contributed by atoms with E-state index in [-0.39, 0.29) is 5.60 Å². The summed E-state index contributed by atoms with van der Waals surface area (Å²) in [5.74, 6) is 0.698. The van der Waals surface area contributed by atoms with E-state index >= 15 is 0 Å². The van der Waals surface area contributed by atoms with E-state index in [9.17, 15) is 0 Å². The van der Waals surface area contributed by atoms with Gasteiger partial charge in [-0.1, -0.05) is 36.7 Å². The minimum absolute atomic E-state index is 0.106. The van der Waals surface area contributed by atoms with E-state index in [0.717, 1.165) is 5.33 Å². The van der Waals surface area contributed by atoms with E-state index in [1.54, 1.807) is 0 Å². The fourth-order valence-corrected chi connectivity index (χ4v) is 3.06. The van der Waals surface area contributed by atoms with Crippen LogP contribution in [0.4, 0.5) is 0 Å². The number of alkyl halides is 1. The predicted octanol–water partition coefficient (Wildman–Crippen LogP) is 4.39. The fraction of sp³-hybridized carbons (Fsp3) is 1.00. The summed E-state index contributed by atoms with van der Waals surface area (Å²) in [5, 5.41) is 1.07. The Labute approximate surface area is 103 Å². The van der Waals surface area contributed by atoms with Gasteiger partial charge < -0.3 is 4.74 Å². The minimum Gasteiger partial charge on any atom is -0.372 e.